The second-order valence-electron chi connectivity index (χ2n) is 9.56. The van der Waals surface area contributed by atoms with Gasteiger partial charge in [-0.05, 0) is 74.7 Å². The molecule has 2 aromatic carbocycles. The van der Waals surface area contributed by atoms with Gasteiger partial charge in [-0.3, -0.25) is 9.59 Å². The van der Waals surface area contributed by atoms with Crippen LogP contribution in [0.4, 0.5) is 5.69 Å². The summed E-state index contributed by atoms with van der Waals surface area (Å²) in [4.78, 5) is 32.2. The number of terminal acetylenes is 1. The molecular formula is C30H36N4O4. The third kappa shape index (κ3) is 12.4. The number of aryl methyl sites for hydroxylation is 1. The predicted octanol–water partition coefficient (Wildman–Crippen LogP) is 6.23. The number of hydrogen-bond acceptors (Lipinski definition) is 6. The van der Waals surface area contributed by atoms with E-state index in [9.17, 15) is 9.59 Å². The summed E-state index contributed by atoms with van der Waals surface area (Å²) in [6.07, 6.45) is 9.42. The quantitative estimate of drug-likeness (QED) is 0.219. The average Bonchev–Trinajstić information content (AvgIpc) is 2.86. The molecule has 0 radical (unpaired) electrons. The molecule has 8 heteroatoms. The molecule has 200 valence electrons. The highest BCUT2D eigenvalue weighted by molar-refractivity contribution is 6.04. The number of oxime groups is 1. The van der Waals surface area contributed by atoms with Crippen LogP contribution in [0.5, 0.6) is 11.5 Å². The molecule has 0 aliphatic rings. The number of rotatable bonds is 7. The van der Waals surface area contributed by atoms with Gasteiger partial charge in [0.15, 0.2) is 0 Å². The second-order valence-corrected chi connectivity index (χ2v) is 9.56. The summed E-state index contributed by atoms with van der Waals surface area (Å²) in [6, 6.07) is 17.4. The number of pyridine rings is 1. The maximum atomic E-state index is 12.2. The Balaban J connectivity index is 0.000000510. The van der Waals surface area contributed by atoms with Gasteiger partial charge in [0.1, 0.15) is 23.8 Å². The first-order chi connectivity index (χ1) is 17.9. The van der Waals surface area contributed by atoms with Gasteiger partial charge in [-0.1, -0.05) is 43.6 Å². The largest absolute Gasteiger partial charge is 0.456 e. The highest BCUT2D eigenvalue weighted by Crippen LogP contribution is 2.23. The van der Waals surface area contributed by atoms with Crippen molar-refractivity contribution >= 4 is 23.2 Å². The van der Waals surface area contributed by atoms with Crippen molar-refractivity contribution in [2.24, 2.45) is 16.3 Å². The van der Waals surface area contributed by atoms with E-state index in [2.05, 4.69) is 49.1 Å². The minimum atomic E-state index is -0.592. The van der Waals surface area contributed by atoms with Crippen molar-refractivity contribution in [2.75, 3.05) is 11.9 Å². The smallest absolute Gasteiger partial charge is 0.267 e. The molecule has 0 bridgehead atoms. The lowest BCUT2D eigenvalue weighted by Crippen LogP contribution is -2.12. The standard InChI is InChI=1S/C20H17N3O3.C8H17NO.C2H2/c1-13-2-4-14(5-3-13)20(25)23-15-6-8-16(9-7-15)26-17-10-11-18(19(21)24)22-12-17;1-7(2)9-10-6-8(3,4)5;1-2/h2-12H,1H3,(H2,21,24)(H,23,25);6H2,1-5H3;1-2H. The van der Waals surface area contributed by atoms with Gasteiger partial charge < -0.3 is 20.6 Å². The van der Waals surface area contributed by atoms with Crippen molar-refractivity contribution in [3.63, 3.8) is 0 Å². The Kier molecular flexibility index (Phi) is 12.8. The molecule has 1 heterocycles. The first-order valence-electron chi connectivity index (χ1n) is 11.8. The van der Waals surface area contributed by atoms with E-state index >= 15 is 0 Å². The zero-order chi connectivity index (χ0) is 28.7. The maximum absolute atomic E-state index is 12.2. The molecule has 0 unspecified atom stereocenters. The molecule has 0 aliphatic heterocycles. The molecule has 1 aromatic heterocycles. The second kappa shape index (κ2) is 15.5. The Morgan fingerprint density at radius 1 is 0.947 bits per heavy atom. The Labute approximate surface area is 225 Å². The van der Waals surface area contributed by atoms with Gasteiger partial charge in [-0.25, -0.2) is 4.98 Å². The number of ether oxygens (including phenoxy) is 1. The van der Waals surface area contributed by atoms with Crippen LogP contribution in [-0.4, -0.2) is 29.1 Å². The molecule has 8 nitrogen and oxygen atoms in total. The summed E-state index contributed by atoms with van der Waals surface area (Å²) in [6.45, 7) is 12.8. The highest BCUT2D eigenvalue weighted by atomic mass is 16.6. The van der Waals surface area contributed by atoms with E-state index in [-0.39, 0.29) is 17.0 Å². The molecular weight excluding hydrogens is 480 g/mol. The Morgan fingerprint density at radius 2 is 1.53 bits per heavy atom. The lowest BCUT2D eigenvalue weighted by Gasteiger charge is -2.15. The molecule has 0 spiro atoms. The first-order valence-corrected chi connectivity index (χ1v) is 11.8. The molecule has 3 aromatic rings. The molecule has 0 saturated carbocycles. The van der Waals surface area contributed by atoms with Crippen molar-refractivity contribution in [2.45, 2.75) is 41.5 Å². The number of benzene rings is 2. The van der Waals surface area contributed by atoms with Crippen LogP contribution >= 0.6 is 0 Å². The normalized spacial score (nSPS) is 9.89. The topological polar surface area (TPSA) is 116 Å². The number of nitrogens with zero attached hydrogens (tertiary/aromatic N) is 2. The van der Waals surface area contributed by atoms with Gasteiger partial charge in [-0.2, -0.15) is 0 Å². The van der Waals surface area contributed by atoms with Crippen LogP contribution in [0.2, 0.25) is 0 Å². The number of anilines is 1. The van der Waals surface area contributed by atoms with E-state index in [1.54, 1.807) is 42.5 Å². The van der Waals surface area contributed by atoms with Crippen LogP contribution in [-0.2, 0) is 4.84 Å². The SMILES string of the molecule is C#C.CC(C)=NOCC(C)(C)C.Cc1ccc(C(=O)Nc2ccc(Oc3ccc(C(N)=O)nc3)cc2)cc1. The van der Waals surface area contributed by atoms with Crippen LogP contribution in [0.3, 0.4) is 0 Å². The predicted molar refractivity (Wildman–Crippen MR) is 152 cm³/mol. The van der Waals surface area contributed by atoms with E-state index in [0.717, 1.165) is 11.3 Å². The lowest BCUT2D eigenvalue weighted by atomic mass is 9.99. The van der Waals surface area contributed by atoms with Crippen molar-refractivity contribution in [1.82, 2.24) is 4.98 Å². The Hall–Kier alpha value is -4.64. The van der Waals surface area contributed by atoms with Gasteiger partial charge in [0.2, 0.25) is 0 Å². The fourth-order valence-electron chi connectivity index (χ4n) is 2.59. The van der Waals surface area contributed by atoms with Crippen molar-refractivity contribution in [3.05, 3.63) is 83.7 Å². The van der Waals surface area contributed by atoms with E-state index in [4.69, 9.17) is 15.3 Å². The van der Waals surface area contributed by atoms with Crippen molar-refractivity contribution in [1.29, 1.82) is 0 Å². The van der Waals surface area contributed by atoms with Gasteiger partial charge in [0, 0.05) is 11.3 Å². The molecule has 3 rings (SSSR count). The third-order valence-electron chi connectivity index (χ3n) is 4.40. The summed E-state index contributed by atoms with van der Waals surface area (Å²) in [5.41, 5.74) is 8.84. The van der Waals surface area contributed by atoms with Crippen molar-refractivity contribution < 1.29 is 19.2 Å². The molecule has 0 fully saturated rings. The summed E-state index contributed by atoms with van der Waals surface area (Å²) >= 11 is 0. The number of primary amides is 1. The van der Waals surface area contributed by atoms with Crippen LogP contribution in [0.15, 0.2) is 72.0 Å². The Morgan fingerprint density at radius 3 is 2.00 bits per heavy atom. The van der Waals surface area contributed by atoms with Crippen LogP contribution in [0.25, 0.3) is 0 Å². The molecule has 0 aliphatic carbocycles. The maximum Gasteiger partial charge on any atom is 0.267 e. The van der Waals surface area contributed by atoms with E-state index < -0.39 is 5.91 Å². The lowest BCUT2D eigenvalue weighted by molar-refractivity contribution is 0.0769. The van der Waals surface area contributed by atoms with Crippen LogP contribution in [0.1, 0.15) is 61.0 Å². The summed E-state index contributed by atoms with van der Waals surface area (Å²) in [5.74, 6) is 0.286. The molecule has 3 N–H and O–H groups in total. The molecule has 2 amide bonds. The van der Waals surface area contributed by atoms with E-state index in [1.807, 2.05) is 32.9 Å². The molecule has 38 heavy (non-hydrogen) atoms. The summed E-state index contributed by atoms with van der Waals surface area (Å²) < 4.78 is 5.64. The Bertz CT molecular complexity index is 1200. The zero-order valence-electron chi connectivity index (χ0n) is 22.8. The number of carbonyl (C=O) groups excluding carboxylic acids is 2. The van der Waals surface area contributed by atoms with Gasteiger partial charge in [-0.15, -0.1) is 12.8 Å². The van der Waals surface area contributed by atoms with Gasteiger partial charge >= 0.3 is 0 Å². The number of carbonyl (C=O) groups is 2. The van der Waals surface area contributed by atoms with Gasteiger partial charge in [0.05, 0.1) is 11.9 Å². The van der Waals surface area contributed by atoms with E-state index in [1.165, 1.54) is 12.3 Å². The minimum Gasteiger partial charge on any atom is -0.456 e. The fourth-order valence-corrected chi connectivity index (χ4v) is 2.59. The number of amides is 2. The number of hydrogen-bond donors (Lipinski definition) is 2. The monoisotopic (exact) mass is 516 g/mol. The number of aromatic nitrogens is 1. The van der Waals surface area contributed by atoms with Crippen LogP contribution in [0, 0.1) is 25.2 Å². The number of nitrogens with two attached hydrogens (primary N) is 1. The zero-order valence-corrected chi connectivity index (χ0v) is 22.8. The average molecular weight is 517 g/mol. The summed E-state index contributed by atoms with van der Waals surface area (Å²) in [7, 11) is 0. The van der Waals surface area contributed by atoms with Crippen molar-refractivity contribution in [3.8, 4) is 24.3 Å². The molecule has 0 saturated heterocycles. The third-order valence-corrected chi connectivity index (χ3v) is 4.40. The first kappa shape index (κ1) is 31.4. The molecule has 0 atom stereocenters. The van der Waals surface area contributed by atoms with E-state index in [0.29, 0.717) is 29.4 Å². The van der Waals surface area contributed by atoms with Crippen LogP contribution < -0.4 is 15.8 Å². The minimum absolute atomic E-state index is 0.173. The highest BCUT2D eigenvalue weighted by Gasteiger charge is 2.10. The van der Waals surface area contributed by atoms with Gasteiger partial charge in [0.25, 0.3) is 11.8 Å². The number of nitrogens with one attached hydrogen (secondary N) is 1. The fraction of sp³-hybridized carbons (Fsp3) is 0.267. The summed E-state index contributed by atoms with van der Waals surface area (Å²) in [5, 5.41) is 6.66.